The average Bonchev–Trinajstić information content (AvgIpc) is 3.44. The maximum absolute atomic E-state index is 12.5. The van der Waals surface area contributed by atoms with E-state index in [-0.39, 0.29) is 23.7 Å². The molecule has 2 aromatic carbocycles. The van der Waals surface area contributed by atoms with Crippen LogP contribution in [0.1, 0.15) is 6.42 Å². The zero-order chi connectivity index (χ0) is 18.7. The van der Waals surface area contributed by atoms with Gasteiger partial charge in [-0.15, -0.1) is 0 Å². The van der Waals surface area contributed by atoms with Gasteiger partial charge in [0, 0.05) is 6.07 Å². The van der Waals surface area contributed by atoms with Crippen molar-refractivity contribution in [3.05, 3.63) is 47.5 Å². The number of para-hydroxylation sites is 1. The number of hydrogen-bond donors (Lipinski definition) is 2. The molecule has 2 amide bonds. The zero-order valence-corrected chi connectivity index (χ0v) is 15.2. The monoisotopic (exact) mass is 374 g/mol. The van der Waals surface area contributed by atoms with Crippen LogP contribution in [0, 0.1) is 11.8 Å². The summed E-state index contributed by atoms with van der Waals surface area (Å²) in [6.45, 7) is 0. The fourth-order valence-electron chi connectivity index (χ4n) is 2.70. The topological polar surface area (TPSA) is 76.7 Å². The van der Waals surface area contributed by atoms with E-state index in [9.17, 15) is 9.59 Å². The van der Waals surface area contributed by atoms with Crippen LogP contribution in [0.4, 0.5) is 11.4 Å². The van der Waals surface area contributed by atoms with E-state index in [1.165, 1.54) is 7.11 Å². The number of anilines is 2. The molecule has 1 saturated carbocycles. The maximum atomic E-state index is 12.5. The molecular weight excluding hydrogens is 356 g/mol. The molecule has 0 bridgehead atoms. The summed E-state index contributed by atoms with van der Waals surface area (Å²) < 4.78 is 10.4. The summed E-state index contributed by atoms with van der Waals surface area (Å²) in [6.07, 6.45) is 0.494. The van der Waals surface area contributed by atoms with Crippen molar-refractivity contribution >= 4 is 34.8 Å². The number of benzene rings is 2. The molecule has 7 heteroatoms. The van der Waals surface area contributed by atoms with E-state index in [0.717, 1.165) is 0 Å². The minimum Gasteiger partial charge on any atom is -0.497 e. The summed E-state index contributed by atoms with van der Waals surface area (Å²) in [7, 11) is 3.07. The summed E-state index contributed by atoms with van der Waals surface area (Å²) in [6, 6.07) is 12.1. The number of ether oxygens (including phenoxy) is 2. The third-order valence-corrected chi connectivity index (χ3v) is 4.59. The van der Waals surface area contributed by atoms with Gasteiger partial charge in [-0.1, -0.05) is 23.7 Å². The second kappa shape index (κ2) is 7.66. The Labute approximate surface area is 156 Å². The van der Waals surface area contributed by atoms with E-state index < -0.39 is 0 Å². The molecular formula is C19H19ClN2O4. The number of methoxy groups -OCH3 is 2. The smallest absolute Gasteiger partial charge is 0.228 e. The third kappa shape index (κ3) is 3.91. The highest BCUT2D eigenvalue weighted by Gasteiger charge is 2.48. The first-order valence-corrected chi connectivity index (χ1v) is 8.49. The Morgan fingerprint density at radius 2 is 1.62 bits per heavy atom. The Bertz CT molecular complexity index is 840. The molecule has 2 aromatic rings. The number of hydrogen-bond acceptors (Lipinski definition) is 4. The fraction of sp³-hybridized carbons (Fsp3) is 0.263. The summed E-state index contributed by atoms with van der Waals surface area (Å²) in [5.41, 5.74) is 1.05. The molecule has 3 rings (SSSR count). The predicted molar refractivity (Wildman–Crippen MR) is 99.9 cm³/mol. The molecule has 2 atom stereocenters. The van der Waals surface area contributed by atoms with Crippen LogP contribution in [0.5, 0.6) is 11.5 Å². The molecule has 136 valence electrons. The standard InChI is InChI=1S/C19H19ClN2O4/c1-25-11-7-8-17(26-2)16(9-11)22-19(24)13-10-12(13)18(23)21-15-6-4-3-5-14(15)20/h3-9,12-13H,10H2,1-2H3,(H,21,23)(H,22,24). The number of amides is 2. The molecule has 1 aliphatic carbocycles. The van der Waals surface area contributed by atoms with Gasteiger partial charge in [0.15, 0.2) is 0 Å². The van der Waals surface area contributed by atoms with E-state index in [1.807, 2.05) is 0 Å². The Kier molecular flexibility index (Phi) is 5.32. The van der Waals surface area contributed by atoms with Crippen LogP contribution in [-0.4, -0.2) is 26.0 Å². The first kappa shape index (κ1) is 18.1. The highest BCUT2D eigenvalue weighted by molar-refractivity contribution is 6.33. The van der Waals surface area contributed by atoms with Gasteiger partial charge < -0.3 is 20.1 Å². The molecule has 0 aliphatic heterocycles. The first-order chi connectivity index (χ1) is 12.5. The van der Waals surface area contributed by atoms with E-state index >= 15 is 0 Å². The normalized spacial score (nSPS) is 18.0. The molecule has 2 N–H and O–H groups in total. The van der Waals surface area contributed by atoms with E-state index in [0.29, 0.717) is 34.3 Å². The summed E-state index contributed by atoms with van der Waals surface area (Å²) in [5.74, 6) is -0.0650. The van der Waals surface area contributed by atoms with Gasteiger partial charge in [-0.25, -0.2) is 0 Å². The number of halogens is 1. The van der Waals surface area contributed by atoms with Crippen molar-refractivity contribution in [2.24, 2.45) is 11.8 Å². The minimum atomic E-state index is -0.381. The van der Waals surface area contributed by atoms with Crippen LogP contribution in [-0.2, 0) is 9.59 Å². The van der Waals surface area contributed by atoms with Crippen molar-refractivity contribution in [1.82, 2.24) is 0 Å². The van der Waals surface area contributed by atoms with Gasteiger partial charge in [-0.05, 0) is 30.7 Å². The summed E-state index contributed by atoms with van der Waals surface area (Å²) in [4.78, 5) is 24.8. The highest BCUT2D eigenvalue weighted by atomic mass is 35.5. The van der Waals surface area contributed by atoms with Gasteiger partial charge in [0.25, 0.3) is 0 Å². The molecule has 0 spiro atoms. The molecule has 2 unspecified atom stereocenters. The molecule has 1 aliphatic rings. The van der Waals surface area contributed by atoms with Crippen LogP contribution in [0.3, 0.4) is 0 Å². The minimum absolute atomic E-state index is 0.212. The number of nitrogens with one attached hydrogen (secondary N) is 2. The van der Waals surface area contributed by atoms with Crippen molar-refractivity contribution < 1.29 is 19.1 Å². The molecule has 0 radical (unpaired) electrons. The third-order valence-electron chi connectivity index (χ3n) is 4.26. The van der Waals surface area contributed by atoms with Gasteiger partial charge in [0.05, 0.1) is 42.5 Å². The summed E-state index contributed by atoms with van der Waals surface area (Å²) in [5, 5.41) is 6.04. The SMILES string of the molecule is COc1ccc(OC)c(NC(=O)C2CC2C(=O)Nc2ccccc2Cl)c1. The Hall–Kier alpha value is -2.73. The number of rotatable bonds is 6. The molecule has 26 heavy (non-hydrogen) atoms. The molecule has 0 saturated heterocycles. The summed E-state index contributed by atoms with van der Waals surface area (Å²) >= 11 is 6.04. The molecule has 0 aromatic heterocycles. The molecule has 6 nitrogen and oxygen atoms in total. The van der Waals surface area contributed by atoms with E-state index in [1.54, 1.807) is 49.6 Å². The maximum Gasteiger partial charge on any atom is 0.228 e. The van der Waals surface area contributed by atoms with Crippen LogP contribution in [0.2, 0.25) is 5.02 Å². The second-order valence-electron chi connectivity index (χ2n) is 5.97. The quantitative estimate of drug-likeness (QED) is 0.810. The van der Waals surface area contributed by atoms with Crippen LogP contribution in [0.15, 0.2) is 42.5 Å². The van der Waals surface area contributed by atoms with Crippen LogP contribution in [0.25, 0.3) is 0 Å². The van der Waals surface area contributed by atoms with E-state index in [4.69, 9.17) is 21.1 Å². The fourth-order valence-corrected chi connectivity index (χ4v) is 2.88. The van der Waals surface area contributed by atoms with Crippen molar-refractivity contribution in [1.29, 1.82) is 0 Å². The Balaban J connectivity index is 1.62. The lowest BCUT2D eigenvalue weighted by Crippen LogP contribution is -2.21. The largest absolute Gasteiger partial charge is 0.497 e. The van der Waals surface area contributed by atoms with Crippen molar-refractivity contribution in [2.45, 2.75) is 6.42 Å². The predicted octanol–water partition coefficient (Wildman–Crippen LogP) is 3.57. The molecule has 0 heterocycles. The lowest BCUT2D eigenvalue weighted by molar-refractivity contribution is -0.122. The van der Waals surface area contributed by atoms with Gasteiger partial charge in [0.2, 0.25) is 11.8 Å². The van der Waals surface area contributed by atoms with Crippen LogP contribution >= 0.6 is 11.6 Å². The van der Waals surface area contributed by atoms with Gasteiger partial charge in [0.1, 0.15) is 11.5 Å². The highest BCUT2D eigenvalue weighted by Crippen LogP contribution is 2.41. The Morgan fingerprint density at radius 3 is 2.23 bits per heavy atom. The van der Waals surface area contributed by atoms with Gasteiger partial charge in [-0.3, -0.25) is 9.59 Å². The lowest BCUT2D eigenvalue weighted by atomic mass is 10.2. The number of carbonyl (C=O) groups excluding carboxylic acids is 2. The number of carbonyl (C=O) groups is 2. The Morgan fingerprint density at radius 1 is 0.962 bits per heavy atom. The second-order valence-corrected chi connectivity index (χ2v) is 6.38. The van der Waals surface area contributed by atoms with Crippen molar-refractivity contribution in [3.8, 4) is 11.5 Å². The van der Waals surface area contributed by atoms with Gasteiger partial charge in [-0.2, -0.15) is 0 Å². The zero-order valence-electron chi connectivity index (χ0n) is 14.4. The van der Waals surface area contributed by atoms with Crippen molar-refractivity contribution in [3.63, 3.8) is 0 Å². The van der Waals surface area contributed by atoms with Crippen LogP contribution < -0.4 is 20.1 Å². The average molecular weight is 375 g/mol. The first-order valence-electron chi connectivity index (χ1n) is 8.11. The lowest BCUT2D eigenvalue weighted by Gasteiger charge is -2.12. The van der Waals surface area contributed by atoms with E-state index in [2.05, 4.69) is 10.6 Å². The molecule has 1 fully saturated rings. The van der Waals surface area contributed by atoms with Gasteiger partial charge >= 0.3 is 0 Å². The van der Waals surface area contributed by atoms with Crippen molar-refractivity contribution in [2.75, 3.05) is 24.9 Å².